The Balaban J connectivity index is 2.00. The quantitative estimate of drug-likeness (QED) is 0.785. The molecule has 1 amide bonds. The Hall–Kier alpha value is -2.11. The summed E-state index contributed by atoms with van der Waals surface area (Å²) in [5.41, 5.74) is 1.76. The van der Waals surface area contributed by atoms with Crippen LogP contribution in [0, 0.1) is 5.82 Å². The summed E-state index contributed by atoms with van der Waals surface area (Å²) in [7, 11) is 3.47. The molecule has 2 rings (SSSR count). The molecular formula is C20H24ClFN2O2. The van der Waals surface area contributed by atoms with E-state index in [9.17, 15) is 9.18 Å². The molecule has 2 aromatic carbocycles. The van der Waals surface area contributed by atoms with Crippen LogP contribution in [-0.2, 0) is 11.3 Å². The van der Waals surface area contributed by atoms with Crippen LogP contribution in [0.4, 0.5) is 4.39 Å². The zero-order valence-electron chi connectivity index (χ0n) is 15.4. The van der Waals surface area contributed by atoms with Gasteiger partial charge in [-0.15, -0.1) is 0 Å². The van der Waals surface area contributed by atoms with Gasteiger partial charge in [-0.25, -0.2) is 4.39 Å². The van der Waals surface area contributed by atoms with Gasteiger partial charge in [0.05, 0.1) is 19.2 Å². The molecule has 6 heteroatoms. The summed E-state index contributed by atoms with van der Waals surface area (Å²) < 4.78 is 18.4. The summed E-state index contributed by atoms with van der Waals surface area (Å²) in [5, 5.41) is 3.58. The lowest BCUT2D eigenvalue weighted by atomic mass is 10.1. The third-order valence-electron chi connectivity index (χ3n) is 4.43. The molecule has 0 saturated carbocycles. The lowest BCUT2D eigenvalue weighted by Gasteiger charge is -2.26. The molecule has 2 unspecified atom stereocenters. The first-order valence-corrected chi connectivity index (χ1v) is 8.78. The molecule has 140 valence electrons. The molecule has 0 bridgehead atoms. The summed E-state index contributed by atoms with van der Waals surface area (Å²) in [6.07, 6.45) is 0. The number of likely N-dealkylation sites (N-methyl/N-ethyl adjacent to an activating group) is 1. The van der Waals surface area contributed by atoms with Gasteiger partial charge >= 0.3 is 0 Å². The summed E-state index contributed by atoms with van der Waals surface area (Å²) in [4.78, 5) is 14.5. The fraction of sp³-hybridized carbons (Fsp3) is 0.350. The number of nitrogens with one attached hydrogen (secondary N) is 1. The number of methoxy groups -OCH3 is 1. The predicted molar refractivity (Wildman–Crippen MR) is 102 cm³/mol. The van der Waals surface area contributed by atoms with E-state index in [1.54, 1.807) is 25.3 Å². The van der Waals surface area contributed by atoms with Gasteiger partial charge in [0.1, 0.15) is 11.6 Å². The van der Waals surface area contributed by atoms with E-state index >= 15 is 0 Å². The summed E-state index contributed by atoms with van der Waals surface area (Å²) in [5.74, 6) is 0.328. The van der Waals surface area contributed by atoms with E-state index in [1.165, 1.54) is 12.1 Å². The maximum absolute atomic E-state index is 13.0. The monoisotopic (exact) mass is 378 g/mol. The number of nitrogens with zero attached hydrogens (tertiary/aromatic N) is 1. The van der Waals surface area contributed by atoms with E-state index in [4.69, 9.17) is 16.3 Å². The minimum Gasteiger partial charge on any atom is -0.496 e. The van der Waals surface area contributed by atoms with Gasteiger partial charge < -0.3 is 10.1 Å². The third kappa shape index (κ3) is 5.19. The van der Waals surface area contributed by atoms with Crippen LogP contribution in [0.3, 0.4) is 0 Å². The Labute approximate surface area is 158 Å². The molecule has 0 heterocycles. The van der Waals surface area contributed by atoms with Gasteiger partial charge in [0, 0.05) is 17.1 Å². The zero-order chi connectivity index (χ0) is 19.3. The van der Waals surface area contributed by atoms with Crippen molar-refractivity contribution in [3.8, 4) is 5.75 Å². The SMILES string of the molecule is COc1ccc(Cl)cc1CN(C)C(C)C(=O)NC(C)c1ccc(F)cc1. The minimum absolute atomic E-state index is 0.106. The highest BCUT2D eigenvalue weighted by Crippen LogP contribution is 2.24. The number of ether oxygens (including phenoxy) is 1. The molecule has 0 aliphatic rings. The summed E-state index contributed by atoms with van der Waals surface area (Å²) in [6.45, 7) is 4.23. The summed E-state index contributed by atoms with van der Waals surface area (Å²) in [6, 6.07) is 11.0. The van der Waals surface area contributed by atoms with Crippen molar-refractivity contribution in [2.24, 2.45) is 0 Å². The number of hydrogen-bond acceptors (Lipinski definition) is 3. The van der Waals surface area contributed by atoms with Crippen LogP contribution in [-0.4, -0.2) is 31.0 Å². The van der Waals surface area contributed by atoms with Crippen molar-refractivity contribution in [2.45, 2.75) is 32.5 Å². The van der Waals surface area contributed by atoms with Crippen molar-refractivity contribution in [3.63, 3.8) is 0 Å². The van der Waals surface area contributed by atoms with Gasteiger partial charge in [-0.2, -0.15) is 0 Å². The Kier molecular flexibility index (Phi) is 7.00. The largest absolute Gasteiger partial charge is 0.496 e. The molecular weight excluding hydrogens is 355 g/mol. The fourth-order valence-corrected chi connectivity index (χ4v) is 2.84. The zero-order valence-corrected chi connectivity index (χ0v) is 16.2. The highest BCUT2D eigenvalue weighted by atomic mass is 35.5. The molecule has 0 spiro atoms. The van der Waals surface area contributed by atoms with E-state index in [0.29, 0.717) is 11.6 Å². The van der Waals surface area contributed by atoms with Crippen molar-refractivity contribution >= 4 is 17.5 Å². The molecule has 1 N–H and O–H groups in total. The Morgan fingerprint density at radius 3 is 2.50 bits per heavy atom. The molecule has 2 atom stereocenters. The molecule has 26 heavy (non-hydrogen) atoms. The standard InChI is InChI=1S/C20H24ClFN2O2/c1-13(15-5-8-18(22)9-6-15)23-20(25)14(2)24(3)12-16-11-17(21)7-10-19(16)26-4/h5-11,13-14H,12H2,1-4H3,(H,23,25). The van der Waals surface area contributed by atoms with Crippen LogP contribution in [0.2, 0.25) is 5.02 Å². The highest BCUT2D eigenvalue weighted by molar-refractivity contribution is 6.30. The van der Waals surface area contributed by atoms with Crippen molar-refractivity contribution < 1.29 is 13.9 Å². The second-order valence-corrected chi connectivity index (χ2v) is 6.77. The number of benzene rings is 2. The van der Waals surface area contributed by atoms with Crippen LogP contribution in [0.5, 0.6) is 5.75 Å². The second kappa shape index (κ2) is 9.01. The van der Waals surface area contributed by atoms with E-state index in [2.05, 4.69) is 5.32 Å². The average Bonchev–Trinajstić information content (AvgIpc) is 2.61. The number of carbonyl (C=O) groups is 1. The maximum Gasteiger partial charge on any atom is 0.237 e. The number of amides is 1. The van der Waals surface area contributed by atoms with Crippen molar-refractivity contribution in [1.82, 2.24) is 10.2 Å². The van der Waals surface area contributed by atoms with Crippen molar-refractivity contribution in [1.29, 1.82) is 0 Å². The van der Waals surface area contributed by atoms with Crippen LogP contribution < -0.4 is 10.1 Å². The topological polar surface area (TPSA) is 41.6 Å². The van der Waals surface area contributed by atoms with Gasteiger partial charge in [0.2, 0.25) is 5.91 Å². The Morgan fingerprint density at radius 1 is 1.23 bits per heavy atom. The van der Waals surface area contributed by atoms with E-state index in [-0.39, 0.29) is 23.8 Å². The molecule has 0 saturated heterocycles. The second-order valence-electron chi connectivity index (χ2n) is 6.33. The number of carbonyl (C=O) groups excluding carboxylic acids is 1. The number of hydrogen-bond donors (Lipinski definition) is 1. The van der Waals surface area contributed by atoms with E-state index < -0.39 is 0 Å². The van der Waals surface area contributed by atoms with Gasteiger partial charge in [0.15, 0.2) is 0 Å². The number of halogens is 2. The molecule has 0 aliphatic carbocycles. The van der Waals surface area contributed by atoms with Gasteiger partial charge in [-0.3, -0.25) is 9.69 Å². The lowest BCUT2D eigenvalue weighted by Crippen LogP contribution is -2.43. The van der Waals surface area contributed by atoms with Crippen molar-refractivity contribution in [2.75, 3.05) is 14.2 Å². The Bertz CT molecular complexity index is 752. The lowest BCUT2D eigenvalue weighted by molar-refractivity contribution is -0.126. The predicted octanol–water partition coefficient (Wildman–Crippen LogP) is 4.19. The molecule has 0 aliphatic heterocycles. The van der Waals surface area contributed by atoms with Crippen molar-refractivity contribution in [3.05, 3.63) is 64.4 Å². The maximum atomic E-state index is 13.0. The highest BCUT2D eigenvalue weighted by Gasteiger charge is 2.21. The van der Waals surface area contributed by atoms with Crippen LogP contribution in [0.25, 0.3) is 0 Å². The van der Waals surface area contributed by atoms with Gasteiger partial charge in [0.25, 0.3) is 0 Å². The van der Waals surface area contributed by atoms with Crippen LogP contribution in [0.1, 0.15) is 31.0 Å². The first-order valence-electron chi connectivity index (χ1n) is 8.40. The van der Waals surface area contributed by atoms with Gasteiger partial charge in [-0.1, -0.05) is 23.7 Å². The molecule has 4 nitrogen and oxygen atoms in total. The molecule has 2 aromatic rings. The molecule has 0 fully saturated rings. The minimum atomic E-state index is -0.360. The van der Waals surface area contributed by atoms with Gasteiger partial charge in [-0.05, 0) is 56.8 Å². The van der Waals surface area contributed by atoms with Crippen LogP contribution in [0.15, 0.2) is 42.5 Å². The molecule has 0 radical (unpaired) electrons. The summed E-state index contributed by atoms with van der Waals surface area (Å²) >= 11 is 6.07. The normalized spacial score (nSPS) is 13.3. The fourth-order valence-electron chi connectivity index (χ4n) is 2.65. The van der Waals surface area contributed by atoms with Crippen LogP contribution >= 0.6 is 11.6 Å². The average molecular weight is 379 g/mol. The first kappa shape index (κ1) is 20.2. The van der Waals surface area contributed by atoms with E-state index in [0.717, 1.165) is 16.9 Å². The number of rotatable bonds is 7. The third-order valence-corrected chi connectivity index (χ3v) is 4.67. The smallest absolute Gasteiger partial charge is 0.237 e. The van der Waals surface area contributed by atoms with E-state index in [1.807, 2.05) is 37.9 Å². The Morgan fingerprint density at radius 2 is 1.88 bits per heavy atom. The molecule has 0 aromatic heterocycles. The first-order chi connectivity index (χ1) is 12.3.